The molecule has 0 aliphatic heterocycles. The molecule has 0 spiro atoms. The summed E-state index contributed by atoms with van der Waals surface area (Å²) in [7, 11) is 0. The minimum atomic E-state index is 0.0293. The van der Waals surface area contributed by atoms with Gasteiger partial charge in [0.25, 0.3) is 0 Å². The molecular formula is C13H18N4O. The first-order chi connectivity index (χ1) is 8.53. The summed E-state index contributed by atoms with van der Waals surface area (Å²) in [6.07, 6.45) is 0. The van der Waals surface area contributed by atoms with Gasteiger partial charge in [-0.15, -0.1) is 5.10 Å². The molecule has 0 saturated heterocycles. The van der Waals surface area contributed by atoms with Crippen molar-refractivity contribution in [1.29, 1.82) is 0 Å². The van der Waals surface area contributed by atoms with Gasteiger partial charge >= 0.3 is 6.01 Å². The number of benzene rings is 1. The number of rotatable bonds is 4. The van der Waals surface area contributed by atoms with E-state index in [0.29, 0.717) is 18.5 Å². The topological polar surface area (TPSA) is 63.0 Å². The molecule has 0 radical (unpaired) electrons. The Labute approximate surface area is 107 Å². The van der Waals surface area contributed by atoms with Gasteiger partial charge in [-0.1, -0.05) is 23.3 Å². The molecule has 0 atom stereocenters. The summed E-state index contributed by atoms with van der Waals surface area (Å²) in [4.78, 5) is 0. The third-order valence-corrected chi connectivity index (χ3v) is 2.26. The zero-order chi connectivity index (χ0) is 13.0. The maximum atomic E-state index is 5.49. The van der Waals surface area contributed by atoms with E-state index in [9.17, 15) is 0 Å². The van der Waals surface area contributed by atoms with Crippen LogP contribution in [0, 0.1) is 0 Å². The Morgan fingerprint density at radius 2 is 1.83 bits per heavy atom. The molecule has 1 aromatic heterocycles. The van der Waals surface area contributed by atoms with Crippen LogP contribution in [0.2, 0.25) is 0 Å². The largest absolute Gasteiger partial charge is 0.406 e. The van der Waals surface area contributed by atoms with Crippen LogP contribution in [0.15, 0.2) is 34.7 Å². The minimum absolute atomic E-state index is 0.0293. The van der Waals surface area contributed by atoms with Crippen LogP contribution in [0.5, 0.6) is 0 Å². The van der Waals surface area contributed by atoms with Gasteiger partial charge in [-0.25, -0.2) is 0 Å². The highest BCUT2D eigenvalue weighted by atomic mass is 16.4. The van der Waals surface area contributed by atoms with E-state index in [0.717, 1.165) is 5.69 Å². The Morgan fingerprint density at radius 1 is 1.11 bits per heavy atom. The smallest absolute Gasteiger partial charge is 0.320 e. The first-order valence-electron chi connectivity index (χ1n) is 5.92. The zero-order valence-corrected chi connectivity index (χ0v) is 10.9. The Balaban J connectivity index is 1.94. The van der Waals surface area contributed by atoms with Crippen molar-refractivity contribution >= 4 is 11.7 Å². The molecule has 0 aliphatic rings. The van der Waals surface area contributed by atoms with E-state index >= 15 is 0 Å². The van der Waals surface area contributed by atoms with E-state index in [1.165, 1.54) is 0 Å². The molecule has 5 heteroatoms. The molecule has 0 unspecified atom stereocenters. The molecule has 2 rings (SSSR count). The van der Waals surface area contributed by atoms with Crippen LogP contribution in [0.1, 0.15) is 26.7 Å². The second kappa shape index (κ2) is 5.18. The second-order valence-corrected chi connectivity index (χ2v) is 5.10. The molecule has 1 heterocycles. The summed E-state index contributed by atoms with van der Waals surface area (Å²) in [5.74, 6) is 0.573. The van der Waals surface area contributed by atoms with Crippen molar-refractivity contribution in [3.05, 3.63) is 36.2 Å². The molecule has 2 aromatic rings. The number of hydrogen-bond acceptors (Lipinski definition) is 5. The number of anilines is 2. The van der Waals surface area contributed by atoms with Crippen molar-refractivity contribution in [2.45, 2.75) is 32.9 Å². The van der Waals surface area contributed by atoms with E-state index in [1.54, 1.807) is 0 Å². The first kappa shape index (κ1) is 12.6. The molecule has 0 bridgehead atoms. The summed E-state index contributed by atoms with van der Waals surface area (Å²) in [5, 5.41) is 14.3. The van der Waals surface area contributed by atoms with Gasteiger partial charge in [-0.05, 0) is 32.9 Å². The molecule has 18 heavy (non-hydrogen) atoms. The maximum absolute atomic E-state index is 5.49. The molecule has 96 valence electrons. The van der Waals surface area contributed by atoms with Crippen LogP contribution in [0.25, 0.3) is 0 Å². The molecule has 0 saturated carbocycles. The van der Waals surface area contributed by atoms with Crippen LogP contribution < -0.4 is 10.6 Å². The summed E-state index contributed by atoms with van der Waals surface area (Å²) < 4.78 is 5.49. The molecule has 0 fully saturated rings. The fraction of sp³-hybridized carbons (Fsp3) is 0.385. The van der Waals surface area contributed by atoms with Gasteiger partial charge in [-0.3, -0.25) is 0 Å². The quantitative estimate of drug-likeness (QED) is 0.868. The SMILES string of the molecule is CC(C)(C)NCc1nnc(Nc2ccccc2)o1. The molecule has 0 aliphatic carbocycles. The lowest BCUT2D eigenvalue weighted by Crippen LogP contribution is -2.35. The van der Waals surface area contributed by atoms with Crippen molar-refractivity contribution < 1.29 is 4.42 Å². The van der Waals surface area contributed by atoms with Crippen molar-refractivity contribution in [3.63, 3.8) is 0 Å². The third-order valence-electron chi connectivity index (χ3n) is 2.26. The number of aromatic nitrogens is 2. The Bertz CT molecular complexity index is 487. The normalized spacial score (nSPS) is 11.5. The molecule has 5 nitrogen and oxygen atoms in total. The predicted octanol–water partition coefficient (Wildman–Crippen LogP) is 2.70. The van der Waals surface area contributed by atoms with Gasteiger partial charge < -0.3 is 15.1 Å². The van der Waals surface area contributed by atoms with Crippen molar-refractivity contribution in [2.24, 2.45) is 0 Å². The van der Waals surface area contributed by atoms with Gasteiger partial charge in [0.05, 0.1) is 6.54 Å². The van der Waals surface area contributed by atoms with E-state index < -0.39 is 0 Å². The Morgan fingerprint density at radius 3 is 2.50 bits per heavy atom. The number of nitrogens with one attached hydrogen (secondary N) is 2. The Kier molecular flexibility index (Phi) is 3.62. The standard InChI is InChI=1S/C13H18N4O/c1-13(2,3)14-9-11-16-17-12(18-11)15-10-7-5-4-6-8-10/h4-8,14H,9H2,1-3H3,(H,15,17). The fourth-order valence-corrected chi connectivity index (χ4v) is 1.36. The van der Waals surface area contributed by atoms with Crippen LogP contribution in [0.4, 0.5) is 11.7 Å². The van der Waals surface area contributed by atoms with Gasteiger partial charge in [0, 0.05) is 11.2 Å². The fourth-order valence-electron chi connectivity index (χ4n) is 1.36. The van der Waals surface area contributed by atoms with E-state index in [4.69, 9.17) is 4.42 Å². The zero-order valence-electron chi connectivity index (χ0n) is 10.9. The van der Waals surface area contributed by atoms with Crippen LogP contribution in [-0.4, -0.2) is 15.7 Å². The highest BCUT2D eigenvalue weighted by Gasteiger charge is 2.12. The van der Waals surface area contributed by atoms with Crippen LogP contribution in [-0.2, 0) is 6.54 Å². The van der Waals surface area contributed by atoms with E-state index in [1.807, 2.05) is 30.3 Å². The van der Waals surface area contributed by atoms with Crippen molar-refractivity contribution in [3.8, 4) is 0 Å². The lowest BCUT2D eigenvalue weighted by atomic mass is 10.1. The van der Waals surface area contributed by atoms with Gasteiger partial charge in [0.2, 0.25) is 5.89 Å². The van der Waals surface area contributed by atoms with E-state index in [2.05, 4.69) is 41.6 Å². The molecular weight excluding hydrogens is 228 g/mol. The molecule has 1 aromatic carbocycles. The predicted molar refractivity (Wildman–Crippen MR) is 70.6 cm³/mol. The highest BCUT2D eigenvalue weighted by Crippen LogP contribution is 2.14. The summed E-state index contributed by atoms with van der Waals surface area (Å²) in [6, 6.07) is 10.1. The lowest BCUT2D eigenvalue weighted by molar-refractivity contribution is 0.384. The monoisotopic (exact) mass is 246 g/mol. The summed E-state index contributed by atoms with van der Waals surface area (Å²) in [5.41, 5.74) is 0.957. The third kappa shape index (κ3) is 3.85. The summed E-state index contributed by atoms with van der Waals surface area (Å²) in [6.45, 7) is 6.83. The number of para-hydroxylation sites is 1. The van der Waals surface area contributed by atoms with Crippen molar-refractivity contribution in [2.75, 3.05) is 5.32 Å². The van der Waals surface area contributed by atoms with Gasteiger partial charge in [0.15, 0.2) is 0 Å². The second-order valence-electron chi connectivity index (χ2n) is 5.10. The maximum Gasteiger partial charge on any atom is 0.320 e. The van der Waals surface area contributed by atoms with Crippen LogP contribution >= 0.6 is 0 Å². The molecule has 2 N–H and O–H groups in total. The average Bonchev–Trinajstić information content (AvgIpc) is 2.75. The average molecular weight is 246 g/mol. The Hall–Kier alpha value is -1.88. The first-order valence-corrected chi connectivity index (χ1v) is 5.92. The van der Waals surface area contributed by atoms with Gasteiger partial charge in [-0.2, -0.15) is 0 Å². The van der Waals surface area contributed by atoms with Crippen molar-refractivity contribution in [1.82, 2.24) is 15.5 Å². The van der Waals surface area contributed by atoms with E-state index in [-0.39, 0.29) is 5.54 Å². The highest BCUT2D eigenvalue weighted by molar-refractivity contribution is 5.50. The van der Waals surface area contributed by atoms with Crippen LogP contribution in [0.3, 0.4) is 0 Å². The minimum Gasteiger partial charge on any atom is -0.406 e. The lowest BCUT2D eigenvalue weighted by Gasteiger charge is -2.18. The number of hydrogen-bond donors (Lipinski definition) is 2. The molecule has 0 amide bonds. The number of nitrogens with zero attached hydrogens (tertiary/aromatic N) is 2. The van der Waals surface area contributed by atoms with Gasteiger partial charge in [0.1, 0.15) is 0 Å². The summed E-state index contributed by atoms with van der Waals surface area (Å²) >= 11 is 0.